The van der Waals surface area contributed by atoms with Crippen molar-refractivity contribution in [2.45, 2.75) is 71.9 Å². The Balaban J connectivity index is 2.29. The van der Waals surface area contributed by atoms with Crippen LogP contribution in [0.2, 0.25) is 0 Å². The first-order valence-corrected chi connectivity index (χ1v) is 9.52. The van der Waals surface area contributed by atoms with Crippen LogP contribution in [-0.2, 0) is 11.3 Å². The first-order chi connectivity index (χ1) is 11.7. The van der Waals surface area contributed by atoms with Crippen LogP contribution in [0.4, 0.5) is 11.4 Å². The van der Waals surface area contributed by atoms with Crippen molar-refractivity contribution in [3.8, 4) is 0 Å². The second-order valence-corrected chi connectivity index (χ2v) is 8.83. The number of nitrogen functional groups attached to an aromatic ring is 1. The standard InChI is InChI=1S/C21H35N3O/c1-21(2,3)14-20(25)24(18-9-7-6-8-10-18)15-16-13-17(22)11-12-19(16)23(4)5/h11-13,18H,6-10,14-15,22H2,1-5H3. The topological polar surface area (TPSA) is 49.6 Å². The number of anilines is 2. The third kappa shape index (κ3) is 5.65. The van der Waals surface area contributed by atoms with Crippen molar-refractivity contribution in [1.29, 1.82) is 0 Å². The van der Waals surface area contributed by atoms with E-state index in [9.17, 15) is 4.79 Å². The quantitative estimate of drug-likeness (QED) is 0.803. The van der Waals surface area contributed by atoms with Gasteiger partial charge in [0.2, 0.25) is 5.91 Å². The summed E-state index contributed by atoms with van der Waals surface area (Å²) in [6.45, 7) is 7.05. The predicted octanol–water partition coefficient (Wildman–Crippen LogP) is 4.43. The highest BCUT2D eigenvalue weighted by Crippen LogP contribution is 2.30. The van der Waals surface area contributed by atoms with E-state index in [-0.39, 0.29) is 11.3 Å². The van der Waals surface area contributed by atoms with Gasteiger partial charge in [0.25, 0.3) is 0 Å². The van der Waals surface area contributed by atoms with Gasteiger partial charge in [-0.15, -0.1) is 0 Å². The Bertz CT molecular complexity index is 583. The lowest BCUT2D eigenvalue weighted by Crippen LogP contribution is -2.42. The highest BCUT2D eigenvalue weighted by molar-refractivity contribution is 5.77. The fourth-order valence-electron chi connectivity index (χ4n) is 3.72. The number of carbonyl (C=O) groups is 1. The summed E-state index contributed by atoms with van der Waals surface area (Å²) in [6.07, 6.45) is 6.57. The Hall–Kier alpha value is -1.71. The van der Waals surface area contributed by atoms with Crippen molar-refractivity contribution >= 4 is 17.3 Å². The predicted molar refractivity (Wildman–Crippen MR) is 107 cm³/mol. The Kier molecular flexibility index (Phi) is 6.36. The molecule has 0 bridgehead atoms. The maximum absolute atomic E-state index is 13.1. The number of hydrogen-bond donors (Lipinski definition) is 1. The van der Waals surface area contributed by atoms with Crippen LogP contribution in [0.5, 0.6) is 0 Å². The maximum atomic E-state index is 13.1. The SMILES string of the molecule is CN(C)c1ccc(N)cc1CN(C(=O)CC(C)(C)C)C1CCCCC1. The highest BCUT2D eigenvalue weighted by Gasteiger charge is 2.29. The van der Waals surface area contributed by atoms with Crippen molar-refractivity contribution in [1.82, 2.24) is 4.90 Å². The lowest BCUT2D eigenvalue weighted by atomic mass is 9.89. The van der Waals surface area contributed by atoms with Crippen molar-refractivity contribution in [3.63, 3.8) is 0 Å². The van der Waals surface area contributed by atoms with Crippen LogP contribution in [0.15, 0.2) is 18.2 Å². The van der Waals surface area contributed by atoms with E-state index >= 15 is 0 Å². The molecule has 2 rings (SSSR count). The zero-order valence-electron chi connectivity index (χ0n) is 16.6. The van der Waals surface area contributed by atoms with Gasteiger partial charge < -0.3 is 15.5 Å². The Morgan fingerprint density at radius 2 is 1.80 bits per heavy atom. The molecule has 1 aromatic carbocycles. The van der Waals surface area contributed by atoms with Gasteiger partial charge in [-0.3, -0.25) is 4.79 Å². The van der Waals surface area contributed by atoms with Crippen molar-refractivity contribution in [3.05, 3.63) is 23.8 Å². The van der Waals surface area contributed by atoms with Gasteiger partial charge in [0, 0.05) is 44.5 Å². The van der Waals surface area contributed by atoms with Crippen LogP contribution in [0, 0.1) is 5.41 Å². The molecule has 4 heteroatoms. The third-order valence-corrected chi connectivity index (χ3v) is 4.94. The van der Waals surface area contributed by atoms with Crippen molar-refractivity contribution in [2.75, 3.05) is 24.7 Å². The van der Waals surface area contributed by atoms with E-state index in [0.717, 1.165) is 29.8 Å². The first kappa shape index (κ1) is 19.6. The molecule has 2 N–H and O–H groups in total. The minimum Gasteiger partial charge on any atom is -0.399 e. The summed E-state index contributed by atoms with van der Waals surface area (Å²) in [4.78, 5) is 17.3. The monoisotopic (exact) mass is 345 g/mol. The molecule has 25 heavy (non-hydrogen) atoms. The largest absolute Gasteiger partial charge is 0.399 e. The summed E-state index contributed by atoms with van der Waals surface area (Å²) in [5.41, 5.74) is 9.07. The van der Waals surface area contributed by atoms with E-state index in [2.05, 4.69) is 36.6 Å². The molecule has 1 aromatic rings. The van der Waals surface area contributed by atoms with Crippen LogP contribution in [0.25, 0.3) is 0 Å². The summed E-state index contributed by atoms with van der Waals surface area (Å²) in [6, 6.07) is 6.37. The van der Waals surface area contributed by atoms with Crippen molar-refractivity contribution in [2.24, 2.45) is 5.41 Å². The molecule has 1 saturated carbocycles. The second-order valence-electron chi connectivity index (χ2n) is 8.83. The lowest BCUT2D eigenvalue weighted by molar-refractivity contribution is -0.136. The molecule has 0 unspecified atom stereocenters. The van der Waals surface area contributed by atoms with E-state index in [1.165, 1.54) is 19.3 Å². The molecule has 1 aliphatic carbocycles. The van der Waals surface area contributed by atoms with Gasteiger partial charge in [-0.25, -0.2) is 0 Å². The van der Waals surface area contributed by atoms with Gasteiger partial charge in [0.15, 0.2) is 0 Å². The van der Waals surface area contributed by atoms with Crippen LogP contribution >= 0.6 is 0 Å². The normalized spacial score (nSPS) is 15.9. The van der Waals surface area contributed by atoms with Crippen molar-refractivity contribution < 1.29 is 4.79 Å². The molecule has 0 aromatic heterocycles. The molecule has 1 aliphatic rings. The molecule has 0 saturated heterocycles. The molecule has 0 radical (unpaired) electrons. The van der Waals surface area contributed by atoms with E-state index in [1.807, 2.05) is 26.2 Å². The number of nitrogens with two attached hydrogens (primary N) is 1. The number of rotatable bonds is 5. The van der Waals surface area contributed by atoms with E-state index in [0.29, 0.717) is 19.0 Å². The average Bonchev–Trinajstić information content (AvgIpc) is 2.51. The second kappa shape index (κ2) is 8.11. The van der Waals surface area contributed by atoms with Gasteiger partial charge in [0.1, 0.15) is 0 Å². The third-order valence-electron chi connectivity index (χ3n) is 4.94. The Morgan fingerprint density at radius 3 is 2.36 bits per heavy atom. The molecule has 0 spiro atoms. The number of benzene rings is 1. The zero-order chi connectivity index (χ0) is 18.6. The van der Waals surface area contributed by atoms with E-state index in [1.54, 1.807) is 0 Å². The molecular weight excluding hydrogens is 310 g/mol. The van der Waals surface area contributed by atoms with Gasteiger partial charge in [0.05, 0.1) is 0 Å². The van der Waals surface area contributed by atoms with Crippen LogP contribution in [0.1, 0.15) is 64.9 Å². The smallest absolute Gasteiger partial charge is 0.223 e. The number of nitrogens with zero attached hydrogens (tertiary/aromatic N) is 2. The minimum atomic E-state index is 0.00406. The number of carbonyl (C=O) groups excluding carboxylic acids is 1. The highest BCUT2D eigenvalue weighted by atomic mass is 16.2. The molecule has 140 valence electrons. The fourth-order valence-corrected chi connectivity index (χ4v) is 3.72. The maximum Gasteiger partial charge on any atom is 0.223 e. The molecule has 0 aliphatic heterocycles. The molecule has 1 amide bonds. The molecule has 0 atom stereocenters. The Labute approximate surface area is 153 Å². The average molecular weight is 346 g/mol. The summed E-state index contributed by atoms with van der Waals surface area (Å²) in [5, 5.41) is 0. The van der Waals surface area contributed by atoms with Gasteiger partial charge in [-0.1, -0.05) is 40.0 Å². The number of amides is 1. The number of hydrogen-bond acceptors (Lipinski definition) is 3. The van der Waals surface area contributed by atoms with Gasteiger partial charge in [-0.05, 0) is 42.0 Å². The fraction of sp³-hybridized carbons (Fsp3) is 0.667. The Morgan fingerprint density at radius 1 is 1.16 bits per heavy atom. The summed E-state index contributed by atoms with van der Waals surface area (Å²) >= 11 is 0. The van der Waals surface area contributed by atoms with Crippen LogP contribution in [0.3, 0.4) is 0 Å². The lowest BCUT2D eigenvalue weighted by Gasteiger charge is -2.37. The van der Waals surface area contributed by atoms with Crippen LogP contribution in [-0.4, -0.2) is 30.9 Å². The van der Waals surface area contributed by atoms with Crippen LogP contribution < -0.4 is 10.6 Å². The van der Waals surface area contributed by atoms with E-state index in [4.69, 9.17) is 5.73 Å². The van der Waals surface area contributed by atoms with Gasteiger partial charge >= 0.3 is 0 Å². The summed E-state index contributed by atoms with van der Waals surface area (Å²) in [5.74, 6) is 0.270. The summed E-state index contributed by atoms with van der Waals surface area (Å²) in [7, 11) is 4.08. The zero-order valence-corrected chi connectivity index (χ0v) is 16.6. The van der Waals surface area contributed by atoms with Gasteiger partial charge in [-0.2, -0.15) is 0 Å². The molecule has 0 heterocycles. The molecule has 4 nitrogen and oxygen atoms in total. The molecular formula is C21H35N3O. The minimum absolute atomic E-state index is 0.00406. The van der Waals surface area contributed by atoms with E-state index < -0.39 is 0 Å². The first-order valence-electron chi connectivity index (χ1n) is 9.52. The molecule has 1 fully saturated rings. The summed E-state index contributed by atoms with van der Waals surface area (Å²) < 4.78 is 0.